The van der Waals surface area contributed by atoms with Crippen molar-refractivity contribution in [3.05, 3.63) is 59.2 Å². The van der Waals surface area contributed by atoms with E-state index in [0.29, 0.717) is 17.9 Å². The number of rotatable bonds is 5. The standard InChI is InChI=1S/C19H19NO5S/c1-13-11-16(5-7-17(13)24-2)26(22,23)20-19(21)8-4-14-3-6-18-15(12-14)9-10-25-18/h3-8,11-12H,9-10H2,1-2H3,(H,20,21). The summed E-state index contributed by atoms with van der Waals surface area (Å²) >= 11 is 0. The maximum absolute atomic E-state index is 12.3. The van der Waals surface area contributed by atoms with Gasteiger partial charge in [0.25, 0.3) is 15.9 Å². The molecule has 0 aromatic heterocycles. The van der Waals surface area contributed by atoms with Gasteiger partial charge in [-0.3, -0.25) is 4.79 Å². The SMILES string of the molecule is COc1ccc(S(=O)(=O)NC(=O)C=Cc2ccc3c(c2)CCO3)cc1C. The molecule has 2 aromatic carbocycles. The average Bonchev–Trinajstić information content (AvgIpc) is 3.07. The second kappa shape index (κ2) is 7.21. The highest BCUT2D eigenvalue weighted by molar-refractivity contribution is 7.90. The molecule has 0 saturated carbocycles. The summed E-state index contributed by atoms with van der Waals surface area (Å²) in [4.78, 5) is 12.0. The Labute approximate surface area is 152 Å². The van der Waals surface area contributed by atoms with E-state index in [2.05, 4.69) is 0 Å². The Morgan fingerprint density at radius 3 is 2.77 bits per heavy atom. The lowest BCUT2D eigenvalue weighted by Crippen LogP contribution is -2.29. The fourth-order valence-electron chi connectivity index (χ4n) is 2.73. The van der Waals surface area contributed by atoms with E-state index >= 15 is 0 Å². The zero-order chi connectivity index (χ0) is 18.7. The summed E-state index contributed by atoms with van der Waals surface area (Å²) in [6.07, 6.45) is 3.60. The predicted octanol–water partition coefficient (Wildman–Crippen LogP) is 2.46. The van der Waals surface area contributed by atoms with Crippen molar-refractivity contribution in [3.63, 3.8) is 0 Å². The second-order valence-corrected chi connectivity index (χ2v) is 7.58. The molecule has 0 saturated heterocycles. The minimum absolute atomic E-state index is 0.00669. The van der Waals surface area contributed by atoms with Crippen LogP contribution in [-0.4, -0.2) is 28.0 Å². The van der Waals surface area contributed by atoms with Crippen molar-refractivity contribution in [2.75, 3.05) is 13.7 Å². The summed E-state index contributed by atoms with van der Waals surface area (Å²) in [5.74, 6) is 0.718. The number of nitrogens with one attached hydrogen (secondary N) is 1. The molecule has 7 heteroatoms. The highest BCUT2D eigenvalue weighted by Gasteiger charge is 2.17. The normalized spacial score (nSPS) is 13.3. The van der Waals surface area contributed by atoms with Crippen molar-refractivity contribution in [1.29, 1.82) is 0 Å². The highest BCUT2D eigenvalue weighted by Crippen LogP contribution is 2.26. The number of fused-ring (bicyclic) bond motifs is 1. The summed E-state index contributed by atoms with van der Waals surface area (Å²) in [5.41, 5.74) is 2.55. The smallest absolute Gasteiger partial charge is 0.264 e. The minimum Gasteiger partial charge on any atom is -0.496 e. The number of amides is 1. The van der Waals surface area contributed by atoms with Gasteiger partial charge >= 0.3 is 0 Å². The molecule has 1 heterocycles. The van der Waals surface area contributed by atoms with E-state index in [1.807, 2.05) is 22.9 Å². The molecule has 0 aliphatic carbocycles. The van der Waals surface area contributed by atoms with Gasteiger partial charge in [-0.2, -0.15) is 0 Å². The first-order valence-corrected chi connectivity index (χ1v) is 9.52. The minimum atomic E-state index is -3.95. The summed E-state index contributed by atoms with van der Waals surface area (Å²) in [6, 6.07) is 9.99. The van der Waals surface area contributed by atoms with Gasteiger partial charge in [0, 0.05) is 12.5 Å². The van der Waals surface area contributed by atoms with Gasteiger partial charge in [-0.25, -0.2) is 13.1 Å². The second-order valence-electron chi connectivity index (χ2n) is 5.90. The Bertz CT molecular complexity index is 979. The maximum atomic E-state index is 12.3. The molecule has 3 rings (SSSR count). The third-order valence-electron chi connectivity index (χ3n) is 4.05. The van der Waals surface area contributed by atoms with Gasteiger partial charge in [0.2, 0.25) is 0 Å². The average molecular weight is 373 g/mol. The van der Waals surface area contributed by atoms with Crippen LogP contribution < -0.4 is 14.2 Å². The Morgan fingerprint density at radius 1 is 1.23 bits per heavy atom. The van der Waals surface area contributed by atoms with Crippen LogP contribution in [0.3, 0.4) is 0 Å². The van der Waals surface area contributed by atoms with Gasteiger partial charge in [0.15, 0.2) is 0 Å². The maximum Gasteiger partial charge on any atom is 0.264 e. The lowest BCUT2D eigenvalue weighted by molar-refractivity contribution is -0.114. The van der Waals surface area contributed by atoms with Crippen molar-refractivity contribution in [1.82, 2.24) is 4.72 Å². The molecule has 1 aliphatic heterocycles. The van der Waals surface area contributed by atoms with Crippen LogP contribution in [0.1, 0.15) is 16.7 Å². The fraction of sp³-hybridized carbons (Fsp3) is 0.211. The first-order valence-electron chi connectivity index (χ1n) is 8.04. The molecule has 2 aromatic rings. The zero-order valence-electron chi connectivity index (χ0n) is 14.5. The molecule has 1 N–H and O–H groups in total. The summed E-state index contributed by atoms with van der Waals surface area (Å²) in [6.45, 7) is 2.39. The topological polar surface area (TPSA) is 81.7 Å². The van der Waals surface area contributed by atoms with E-state index in [4.69, 9.17) is 9.47 Å². The molecule has 136 valence electrons. The van der Waals surface area contributed by atoms with E-state index < -0.39 is 15.9 Å². The van der Waals surface area contributed by atoms with E-state index in [9.17, 15) is 13.2 Å². The number of sulfonamides is 1. The van der Waals surface area contributed by atoms with Crippen LogP contribution in [0, 0.1) is 6.92 Å². The van der Waals surface area contributed by atoms with Crippen molar-refractivity contribution in [2.45, 2.75) is 18.2 Å². The predicted molar refractivity (Wildman–Crippen MR) is 97.7 cm³/mol. The summed E-state index contributed by atoms with van der Waals surface area (Å²) < 4.78 is 37.3. The summed E-state index contributed by atoms with van der Waals surface area (Å²) in [7, 11) is -2.44. The number of hydrogen-bond donors (Lipinski definition) is 1. The van der Waals surface area contributed by atoms with E-state index in [1.54, 1.807) is 19.1 Å². The van der Waals surface area contributed by atoms with Crippen LogP contribution in [0.15, 0.2) is 47.4 Å². The first-order chi connectivity index (χ1) is 12.4. The van der Waals surface area contributed by atoms with Gasteiger partial charge in [-0.15, -0.1) is 0 Å². The van der Waals surface area contributed by atoms with Gasteiger partial charge in [0.1, 0.15) is 11.5 Å². The molecule has 26 heavy (non-hydrogen) atoms. The lowest BCUT2D eigenvalue weighted by Gasteiger charge is -2.08. The van der Waals surface area contributed by atoms with Crippen LogP contribution in [0.4, 0.5) is 0 Å². The van der Waals surface area contributed by atoms with Crippen molar-refractivity contribution < 1.29 is 22.7 Å². The Kier molecular flexibility index (Phi) is 4.99. The van der Waals surface area contributed by atoms with Gasteiger partial charge < -0.3 is 9.47 Å². The molecule has 0 unspecified atom stereocenters. The molecule has 0 radical (unpaired) electrons. The van der Waals surface area contributed by atoms with Crippen molar-refractivity contribution >= 4 is 22.0 Å². The van der Waals surface area contributed by atoms with Crippen LogP contribution in [-0.2, 0) is 21.2 Å². The Hall–Kier alpha value is -2.80. The van der Waals surface area contributed by atoms with Crippen LogP contribution in [0.25, 0.3) is 6.08 Å². The number of carbonyl (C=O) groups excluding carboxylic acids is 1. The van der Waals surface area contributed by atoms with E-state index in [1.165, 1.54) is 25.3 Å². The number of carbonyl (C=O) groups is 1. The van der Waals surface area contributed by atoms with Crippen molar-refractivity contribution in [2.24, 2.45) is 0 Å². The molecule has 6 nitrogen and oxygen atoms in total. The number of aryl methyl sites for hydroxylation is 1. The van der Waals surface area contributed by atoms with Gasteiger partial charge in [-0.05, 0) is 60.0 Å². The number of methoxy groups -OCH3 is 1. The van der Waals surface area contributed by atoms with Crippen LogP contribution in [0.5, 0.6) is 11.5 Å². The molecule has 1 aliphatic rings. The van der Waals surface area contributed by atoms with Crippen LogP contribution >= 0.6 is 0 Å². The monoisotopic (exact) mass is 373 g/mol. The zero-order valence-corrected chi connectivity index (χ0v) is 15.3. The largest absolute Gasteiger partial charge is 0.496 e. The highest BCUT2D eigenvalue weighted by atomic mass is 32.2. The van der Waals surface area contributed by atoms with Crippen LogP contribution in [0.2, 0.25) is 0 Å². The molecule has 0 bridgehead atoms. The Balaban J connectivity index is 1.71. The Morgan fingerprint density at radius 2 is 2.04 bits per heavy atom. The number of hydrogen-bond acceptors (Lipinski definition) is 5. The lowest BCUT2D eigenvalue weighted by atomic mass is 10.1. The van der Waals surface area contributed by atoms with Gasteiger partial charge in [0.05, 0.1) is 18.6 Å². The molecule has 1 amide bonds. The first kappa shape index (κ1) is 18.0. The molecule has 0 atom stereocenters. The molecule has 0 fully saturated rings. The quantitative estimate of drug-likeness (QED) is 0.814. The number of benzene rings is 2. The van der Waals surface area contributed by atoms with Gasteiger partial charge in [-0.1, -0.05) is 6.07 Å². The summed E-state index contributed by atoms with van der Waals surface area (Å²) in [5, 5.41) is 0. The van der Waals surface area contributed by atoms with Crippen molar-refractivity contribution in [3.8, 4) is 11.5 Å². The fourth-order valence-corrected chi connectivity index (χ4v) is 3.76. The third-order valence-corrected chi connectivity index (χ3v) is 5.40. The molecule has 0 spiro atoms. The van der Waals surface area contributed by atoms with E-state index in [-0.39, 0.29) is 4.90 Å². The van der Waals surface area contributed by atoms with E-state index in [0.717, 1.165) is 23.3 Å². The molecular formula is C19H19NO5S. The third kappa shape index (κ3) is 3.88. The number of ether oxygens (including phenoxy) is 2. The molecular weight excluding hydrogens is 354 g/mol.